The van der Waals surface area contributed by atoms with Crippen LogP contribution in [0.5, 0.6) is 5.75 Å². The Hall–Kier alpha value is -1.64. The van der Waals surface area contributed by atoms with Gasteiger partial charge in [0.2, 0.25) is 0 Å². The molecule has 0 fully saturated rings. The van der Waals surface area contributed by atoms with Crippen LogP contribution in [0.4, 0.5) is 0 Å². The summed E-state index contributed by atoms with van der Waals surface area (Å²) in [7, 11) is 1.56. The number of carbonyl (C=O) groups is 2. The molecule has 0 aromatic heterocycles. The zero-order valence-corrected chi connectivity index (χ0v) is 8.24. The first-order valence-electron chi connectivity index (χ1n) is 4.30. The molecule has 3 nitrogen and oxygen atoms in total. The molecule has 0 bridgehead atoms. The largest absolute Gasteiger partial charge is 0.497 e. The van der Waals surface area contributed by atoms with Crippen LogP contribution in [0.25, 0.3) is 0 Å². The first kappa shape index (κ1) is 16.8. The van der Waals surface area contributed by atoms with Crippen LogP contribution >= 0.6 is 0 Å². The second kappa shape index (κ2) is 7.63. The molecule has 0 aliphatic heterocycles. The molecule has 0 spiro atoms. The minimum absolute atomic E-state index is 0. The molecule has 0 unspecified atom stereocenters. The van der Waals surface area contributed by atoms with Gasteiger partial charge in [-0.1, -0.05) is 14.9 Å². The van der Waals surface area contributed by atoms with E-state index in [1.807, 2.05) is 0 Å². The molecule has 0 saturated heterocycles. The molecule has 0 saturated carbocycles. The van der Waals surface area contributed by atoms with Crippen molar-refractivity contribution in [1.82, 2.24) is 0 Å². The summed E-state index contributed by atoms with van der Waals surface area (Å²) in [6, 6.07) is 6.72. The van der Waals surface area contributed by atoms with Crippen molar-refractivity contribution in [2.45, 2.75) is 28.2 Å². The van der Waals surface area contributed by atoms with Gasteiger partial charge in [0.1, 0.15) is 11.5 Å². The molecule has 0 heterocycles. The van der Waals surface area contributed by atoms with Crippen LogP contribution < -0.4 is 4.74 Å². The van der Waals surface area contributed by atoms with Crippen LogP contribution in [0.2, 0.25) is 0 Å². The zero-order chi connectivity index (χ0) is 10.6. The third-order valence-electron chi connectivity index (χ3n) is 1.82. The van der Waals surface area contributed by atoms with E-state index in [-0.39, 0.29) is 32.8 Å². The van der Waals surface area contributed by atoms with Crippen LogP contribution in [-0.4, -0.2) is 18.7 Å². The third-order valence-corrected chi connectivity index (χ3v) is 1.82. The summed E-state index contributed by atoms with van der Waals surface area (Å²) in [5.74, 6) is 0.426. The Morgan fingerprint density at radius 3 is 2.00 bits per heavy atom. The summed E-state index contributed by atoms with van der Waals surface area (Å²) in [5.41, 5.74) is 0.543. The first-order valence-corrected chi connectivity index (χ1v) is 4.30. The minimum atomic E-state index is -0.153. The van der Waals surface area contributed by atoms with Gasteiger partial charge in [0.25, 0.3) is 0 Å². The second-order valence-electron chi connectivity index (χ2n) is 3.03. The van der Waals surface area contributed by atoms with E-state index in [0.29, 0.717) is 11.3 Å². The van der Waals surface area contributed by atoms with Gasteiger partial charge in [0.05, 0.1) is 13.5 Å². The average Bonchev–Trinajstić information content (AvgIpc) is 2.17. The Bertz CT molecular complexity index is 339. The fourth-order valence-corrected chi connectivity index (χ4v) is 1.11. The monoisotopic (exact) mass is 224 g/mol. The van der Waals surface area contributed by atoms with E-state index in [0.717, 1.165) is 0 Å². The molecule has 0 amide bonds. The fourth-order valence-electron chi connectivity index (χ4n) is 1.11. The lowest BCUT2D eigenvalue weighted by molar-refractivity contribution is -0.116. The summed E-state index contributed by atoms with van der Waals surface area (Å²) in [6.45, 7) is 1.40. The highest BCUT2D eigenvalue weighted by molar-refractivity contribution is 6.07. The first-order chi connectivity index (χ1) is 6.63. The summed E-state index contributed by atoms with van der Waals surface area (Å²) >= 11 is 0. The van der Waals surface area contributed by atoms with Crippen molar-refractivity contribution in [3.05, 3.63) is 29.8 Å². The lowest BCUT2D eigenvalue weighted by atomic mass is 10.1. The van der Waals surface area contributed by atoms with Gasteiger partial charge in [-0.05, 0) is 31.2 Å². The van der Waals surface area contributed by atoms with Gasteiger partial charge in [-0.25, -0.2) is 0 Å². The highest BCUT2D eigenvalue weighted by Gasteiger charge is 2.07. The number of rotatable bonds is 4. The maximum Gasteiger partial charge on any atom is 0.170 e. The third kappa shape index (κ3) is 4.73. The van der Waals surface area contributed by atoms with Crippen LogP contribution in [0.1, 0.15) is 38.6 Å². The number of ketones is 2. The Balaban J connectivity index is 0. The van der Waals surface area contributed by atoms with Crippen molar-refractivity contribution in [2.75, 3.05) is 7.11 Å². The number of hydrogen-bond donors (Lipinski definition) is 0. The Morgan fingerprint density at radius 1 is 1.12 bits per heavy atom. The molecule has 16 heavy (non-hydrogen) atoms. The molecule has 0 atom stereocenters. The van der Waals surface area contributed by atoms with E-state index in [4.69, 9.17) is 4.74 Å². The lowest BCUT2D eigenvalue weighted by Crippen LogP contribution is -2.04. The summed E-state index contributed by atoms with van der Waals surface area (Å²) in [5, 5.41) is 0. The number of ether oxygens (including phenoxy) is 1. The van der Waals surface area contributed by atoms with Gasteiger partial charge in [-0.3, -0.25) is 9.59 Å². The van der Waals surface area contributed by atoms with Gasteiger partial charge in [-0.2, -0.15) is 0 Å². The molecular formula is C13H20O3. The standard InChI is InChI=1S/C11H12O3.2CH4/c1-8(12)7-11(13)9-3-5-10(14-2)6-4-9;;/h3-6H,7H2,1-2H3;2*1H4. The van der Waals surface area contributed by atoms with Crippen molar-refractivity contribution in [1.29, 1.82) is 0 Å². The quantitative estimate of drug-likeness (QED) is 0.583. The molecule has 3 heteroatoms. The number of methoxy groups -OCH3 is 1. The van der Waals surface area contributed by atoms with E-state index in [2.05, 4.69) is 0 Å². The molecule has 0 aliphatic carbocycles. The Labute approximate surface area is 97.4 Å². The second-order valence-corrected chi connectivity index (χ2v) is 3.03. The minimum Gasteiger partial charge on any atom is -0.497 e. The van der Waals surface area contributed by atoms with Crippen LogP contribution in [0.15, 0.2) is 24.3 Å². The predicted molar refractivity (Wildman–Crippen MR) is 66.1 cm³/mol. The van der Waals surface area contributed by atoms with Crippen LogP contribution in [-0.2, 0) is 4.79 Å². The van der Waals surface area contributed by atoms with Crippen molar-refractivity contribution in [3.8, 4) is 5.75 Å². The van der Waals surface area contributed by atoms with Gasteiger partial charge in [0, 0.05) is 5.56 Å². The normalized spacial score (nSPS) is 8.38. The fraction of sp³-hybridized carbons (Fsp3) is 0.385. The highest BCUT2D eigenvalue weighted by Crippen LogP contribution is 2.12. The number of carbonyl (C=O) groups excluding carboxylic acids is 2. The summed E-state index contributed by atoms with van der Waals surface area (Å²) in [4.78, 5) is 22.1. The average molecular weight is 224 g/mol. The number of benzene rings is 1. The molecule has 0 radical (unpaired) electrons. The molecule has 0 aliphatic rings. The Morgan fingerprint density at radius 2 is 1.62 bits per heavy atom. The maximum absolute atomic E-state index is 11.4. The van der Waals surface area contributed by atoms with E-state index < -0.39 is 0 Å². The molecule has 0 N–H and O–H groups in total. The highest BCUT2D eigenvalue weighted by atomic mass is 16.5. The SMILES string of the molecule is C.C.COc1ccc(C(=O)CC(C)=O)cc1. The Kier molecular flexibility index (Phi) is 8.00. The van der Waals surface area contributed by atoms with Crippen molar-refractivity contribution in [3.63, 3.8) is 0 Å². The van der Waals surface area contributed by atoms with Crippen LogP contribution in [0, 0.1) is 0 Å². The van der Waals surface area contributed by atoms with Crippen molar-refractivity contribution >= 4 is 11.6 Å². The van der Waals surface area contributed by atoms with Gasteiger partial charge in [-0.15, -0.1) is 0 Å². The van der Waals surface area contributed by atoms with Crippen molar-refractivity contribution in [2.24, 2.45) is 0 Å². The van der Waals surface area contributed by atoms with E-state index >= 15 is 0 Å². The van der Waals surface area contributed by atoms with Gasteiger partial charge in [0.15, 0.2) is 5.78 Å². The predicted octanol–water partition coefficient (Wildman–Crippen LogP) is 3.13. The number of Topliss-reactive ketones (excluding diaryl/α,β-unsaturated/α-hetero) is 2. The molecule has 1 aromatic rings. The van der Waals surface area contributed by atoms with E-state index in [1.165, 1.54) is 6.92 Å². The van der Waals surface area contributed by atoms with Crippen LogP contribution in [0.3, 0.4) is 0 Å². The lowest BCUT2D eigenvalue weighted by Gasteiger charge is -2.01. The topological polar surface area (TPSA) is 43.4 Å². The molecule has 1 aromatic carbocycles. The smallest absolute Gasteiger partial charge is 0.170 e. The molecular weight excluding hydrogens is 204 g/mol. The molecule has 90 valence electrons. The maximum atomic E-state index is 11.4. The van der Waals surface area contributed by atoms with Gasteiger partial charge < -0.3 is 4.74 Å². The summed E-state index contributed by atoms with van der Waals surface area (Å²) < 4.78 is 4.95. The van der Waals surface area contributed by atoms with Gasteiger partial charge >= 0.3 is 0 Å². The van der Waals surface area contributed by atoms with Crippen molar-refractivity contribution < 1.29 is 14.3 Å². The molecule has 1 rings (SSSR count). The van der Waals surface area contributed by atoms with E-state index in [1.54, 1.807) is 31.4 Å². The van der Waals surface area contributed by atoms with E-state index in [9.17, 15) is 9.59 Å². The summed E-state index contributed by atoms with van der Waals surface area (Å²) in [6.07, 6.45) is -0.0354. The number of hydrogen-bond acceptors (Lipinski definition) is 3. The zero-order valence-electron chi connectivity index (χ0n) is 8.24.